The quantitative estimate of drug-likeness (QED) is 0.602. The number of halogens is 4. The molecule has 1 N–H and O–H groups in total. The number of hydrogen-bond acceptors (Lipinski definition) is 4. The van der Waals surface area contributed by atoms with E-state index in [1.807, 2.05) is 0 Å². The lowest BCUT2D eigenvalue weighted by atomic mass is 9.83. The molecule has 0 unspecified atom stereocenters. The maximum absolute atomic E-state index is 13.9. The Kier molecular flexibility index (Phi) is 6.00. The lowest BCUT2D eigenvalue weighted by molar-refractivity contribution is -0.215. The van der Waals surface area contributed by atoms with Crippen LogP contribution in [-0.4, -0.2) is 60.3 Å². The Morgan fingerprint density at radius 3 is 2.66 bits per heavy atom. The molecule has 158 valence electrons. The number of ether oxygens (including phenoxy) is 2. The van der Waals surface area contributed by atoms with E-state index < -0.39 is 36.4 Å². The highest BCUT2D eigenvalue weighted by Gasteiger charge is 2.46. The lowest BCUT2D eigenvalue weighted by Gasteiger charge is -2.38. The average molecular weight is 416 g/mol. The van der Waals surface area contributed by atoms with E-state index in [9.17, 15) is 22.4 Å². The third-order valence-corrected chi connectivity index (χ3v) is 5.48. The highest BCUT2D eigenvalue weighted by molar-refractivity contribution is 5.68. The third kappa shape index (κ3) is 4.62. The van der Waals surface area contributed by atoms with Gasteiger partial charge in [-0.1, -0.05) is 12.1 Å². The SMILES string of the molecule is [C-]#[N+]c1ccc([C@H]2COC3(CCN(C(=O)O[C@H](CO)C(F)(F)F)CC3)C2)cc1F. The molecule has 10 heteroatoms. The Balaban J connectivity index is 1.57. The fourth-order valence-corrected chi connectivity index (χ4v) is 3.78. The number of rotatable bonds is 3. The second-order valence-corrected chi connectivity index (χ2v) is 7.30. The summed E-state index contributed by atoms with van der Waals surface area (Å²) < 4.78 is 62.2. The largest absolute Gasteiger partial charge is 0.434 e. The van der Waals surface area contributed by atoms with Crippen LogP contribution in [0, 0.1) is 12.4 Å². The Hall–Kier alpha value is -2.38. The van der Waals surface area contributed by atoms with Crippen molar-refractivity contribution in [1.29, 1.82) is 0 Å². The molecule has 1 aromatic carbocycles. The molecule has 2 heterocycles. The predicted molar refractivity (Wildman–Crippen MR) is 92.9 cm³/mol. The second-order valence-electron chi connectivity index (χ2n) is 7.30. The van der Waals surface area contributed by atoms with Gasteiger partial charge in [0.2, 0.25) is 11.8 Å². The molecule has 2 aliphatic rings. The molecule has 0 saturated carbocycles. The highest BCUT2D eigenvalue weighted by Crippen LogP contribution is 2.43. The van der Waals surface area contributed by atoms with E-state index in [1.54, 1.807) is 6.07 Å². The van der Waals surface area contributed by atoms with Gasteiger partial charge in [-0.15, -0.1) is 0 Å². The summed E-state index contributed by atoms with van der Waals surface area (Å²) in [5.41, 5.74) is 0.149. The predicted octanol–water partition coefficient (Wildman–Crippen LogP) is 3.77. The number of aliphatic hydroxyl groups is 1. The van der Waals surface area contributed by atoms with Crippen molar-refractivity contribution in [3.63, 3.8) is 0 Å². The maximum atomic E-state index is 13.9. The van der Waals surface area contributed by atoms with Crippen molar-refractivity contribution >= 4 is 11.8 Å². The van der Waals surface area contributed by atoms with Crippen LogP contribution in [0.2, 0.25) is 0 Å². The van der Waals surface area contributed by atoms with Crippen molar-refractivity contribution in [3.05, 3.63) is 41.0 Å². The summed E-state index contributed by atoms with van der Waals surface area (Å²) in [7, 11) is 0. The molecule has 0 radical (unpaired) electrons. The summed E-state index contributed by atoms with van der Waals surface area (Å²) in [6, 6.07) is 4.46. The van der Waals surface area contributed by atoms with E-state index in [-0.39, 0.29) is 24.7 Å². The van der Waals surface area contributed by atoms with Crippen molar-refractivity contribution in [1.82, 2.24) is 4.90 Å². The van der Waals surface area contributed by atoms with Crippen LogP contribution < -0.4 is 0 Å². The first kappa shape index (κ1) is 21.3. The number of nitrogens with zero attached hydrogens (tertiary/aromatic N) is 2. The van der Waals surface area contributed by atoms with Gasteiger partial charge in [0.05, 0.1) is 25.4 Å². The van der Waals surface area contributed by atoms with Crippen LogP contribution in [0.5, 0.6) is 0 Å². The summed E-state index contributed by atoms with van der Waals surface area (Å²) in [4.78, 5) is 16.3. The fourth-order valence-electron chi connectivity index (χ4n) is 3.78. The van der Waals surface area contributed by atoms with Gasteiger partial charge < -0.3 is 19.5 Å². The molecule has 1 aromatic rings. The number of amides is 1. The van der Waals surface area contributed by atoms with Crippen LogP contribution in [-0.2, 0) is 9.47 Å². The first-order chi connectivity index (χ1) is 13.7. The van der Waals surface area contributed by atoms with E-state index in [0.29, 0.717) is 25.9 Å². The van der Waals surface area contributed by atoms with Gasteiger partial charge >= 0.3 is 12.3 Å². The molecule has 0 aromatic heterocycles. The summed E-state index contributed by atoms with van der Waals surface area (Å²) in [5.74, 6) is -0.647. The minimum absolute atomic E-state index is 0.0470. The molecule has 2 fully saturated rings. The van der Waals surface area contributed by atoms with Crippen molar-refractivity contribution in [3.8, 4) is 0 Å². The van der Waals surface area contributed by atoms with Gasteiger partial charge in [0.25, 0.3) is 0 Å². The van der Waals surface area contributed by atoms with Crippen LogP contribution in [0.15, 0.2) is 18.2 Å². The zero-order valence-electron chi connectivity index (χ0n) is 15.4. The zero-order valence-corrected chi connectivity index (χ0v) is 15.4. The Labute approximate surface area is 164 Å². The van der Waals surface area contributed by atoms with E-state index in [4.69, 9.17) is 16.4 Å². The maximum Gasteiger partial charge on any atom is 0.427 e. The molecule has 1 spiro atoms. The van der Waals surface area contributed by atoms with Gasteiger partial charge in [-0.2, -0.15) is 13.2 Å². The minimum Gasteiger partial charge on any atom is -0.434 e. The molecule has 29 heavy (non-hydrogen) atoms. The van der Waals surface area contributed by atoms with Crippen LogP contribution in [0.1, 0.15) is 30.7 Å². The number of aliphatic hydroxyl groups excluding tert-OH is 1. The number of piperidine rings is 1. The molecule has 3 rings (SSSR count). The standard InChI is InChI=1S/C19H20F4N2O4/c1-24-15-3-2-12(8-14(15)20)13-9-18(28-11-13)4-6-25(7-5-18)17(27)29-16(10-26)19(21,22)23/h2-3,8,13,16,26H,4-7,9-11H2/t13-,16-/m1/s1. The van der Waals surface area contributed by atoms with Gasteiger partial charge in [0.1, 0.15) is 5.82 Å². The van der Waals surface area contributed by atoms with E-state index >= 15 is 0 Å². The molecular weight excluding hydrogens is 396 g/mol. The van der Waals surface area contributed by atoms with E-state index in [2.05, 4.69) is 9.58 Å². The van der Waals surface area contributed by atoms with Gasteiger partial charge in [0.15, 0.2) is 0 Å². The van der Waals surface area contributed by atoms with Crippen LogP contribution >= 0.6 is 0 Å². The average Bonchev–Trinajstić information content (AvgIpc) is 3.09. The Morgan fingerprint density at radius 1 is 1.41 bits per heavy atom. The monoisotopic (exact) mass is 416 g/mol. The first-order valence-corrected chi connectivity index (χ1v) is 9.11. The lowest BCUT2D eigenvalue weighted by Crippen LogP contribution is -2.48. The smallest absolute Gasteiger partial charge is 0.427 e. The molecule has 2 atom stereocenters. The summed E-state index contributed by atoms with van der Waals surface area (Å²) in [6.45, 7) is 6.25. The third-order valence-electron chi connectivity index (χ3n) is 5.48. The normalized spacial score (nSPS) is 22.3. The second kappa shape index (κ2) is 8.16. The van der Waals surface area contributed by atoms with Crippen molar-refractivity contribution in [2.24, 2.45) is 0 Å². The number of hydrogen-bond donors (Lipinski definition) is 1. The molecule has 0 aliphatic carbocycles. The van der Waals surface area contributed by atoms with Crippen LogP contribution in [0.3, 0.4) is 0 Å². The number of carbonyl (C=O) groups is 1. The van der Waals surface area contributed by atoms with Gasteiger partial charge in [-0.3, -0.25) is 0 Å². The Morgan fingerprint density at radius 2 is 2.10 bits per heavy atom. The Bertz CT molecular complexity index is 800. The molecule has 6 nitrogen and oxygen atoms in total. The number of alkyl halides is 3. The zero-order chi connectivity index (χ0) is 21.2. The van der Waals surface area contributed by atoms with Crippen molar-refractivity contribution in [2.45, 2.75) is 43.1 Å². The minimum atomic E-state index is -4.83. The number of carbonyl (C=O) groups excluding carboxylic acids is 1. The van der Waals surface area contributed by atoms with Crippen LogP contribution in [0.25, 0.3) is 4.85 Å². The van der Waals surface area contributed by atoms with Crippen molar-refractivity contribution in [2.75, 3.05) is 26.3 Å². The fraction of sp³-hybridized carbons (Fsp3) is 0.579. The van der Waals surface area contributed by atoms with Gasteiger partial charge in [0, 0.05) is 19.0 Å². The van der Waals surface area contributed by atoms with Crippen LogP contribution in [0.4, 0.5) is 28.0 Å². The summed E-state index contributed by atoms with van der Waals surface area (Å²) in [6.07, 6.45) is -7.09. The topological polar surface area (TPSA) is 63.4 Å². The molecule has 2 saturated heterocycles. The number of likely N-dealkylation sites (tertiary alicyclic amines) is 1. The van der Waals surface area contributed by atoms with E-state index in [0.717, 1.165) is 5.56 Å². The summed E-state index contributed by atoms with van der Waals surface area (Å²) in [5, 5.41) is 8.79. The molecular formula is C19H20F4N2O4. The molecule has 2 aliphatic heterocycles. The number of benzene rings is 1. The molecule has 1 amide bonds. The van der Waals surface area contributed by atoms with Gasteiger partial charge in [-0.05, 0) is 30.9 Å². The van der Waals surface area contributed by atoms with E-state index in [1.165, 1.54) is 17.0 Å². The molecule has 0 bridgehead atoms. The first-order valence-electron chi connectivity index (χ1n) is 9.11. The highest BCUT2D eigenvalue weighted by atomic mass is 19.4. The van der Waals surface area contributed by atoms with Gasteiger partial charge in [-0.25, -0.2) is 14.0 Å². The summed E-state index contributed by atoms with van der Waals surface area (Å²) >= 11 is 0. The van der Waals surface area contributed by atoms with Crippen molar-refractivity contribution < 1.29 is 36.9 Å².